The fraction of sp³-hybridized carbons (Fsp3) is 0.538. The number of rotatable bonds is 3. The van der Waals surface area contributed by atoms with Crippen molar-refractivity contribution in [3.8, 4) is 0 Å². The molecule has 1 aromatic rings. The SMILES string of the molecule is CC(N)C1(Cc2ccc(C(F)(F)F)cc2)CC1. The third kappa shape index (κ3) is 2.63. The molecule has 17 heavy (non-hydrogen) atoms. The molecule has 1 saturated carbocycles. The summed E-state index contributed by atoms with van der Waals surface area (Å²) in [7, 11) is 0. The van der Waals surface area contributed by atoms with Gasteiger partial charge in [0, 0.05) is 6.04 Å². The first-order valence-corrected chi connectivity index (χ1v) is 5.75. The maximum atomic E-state index is 12.4. The lowest BCUT2D eigenvalue weighted by Crippen LogP contribution is -2.29. The van der Waals surface area contributed by atoms with Crippen LogP contribution < -0.4 is 5.73 Å². The summed E-state index contributed by atoms with van der Waals surface area (Å²) in [5.41, 5.74) is 6.37. The lowest BCUT2D eigenvalue weighted by Gasteiger charge is -2.19. The number of hydrogen-bond donors (Lipinski definition) is 1. The second kappa shape index (κ2) is 4.02. The van der Waals surface area contributed by atoms with Crippen molar-refractivity contribution < 1.29 is 13.2 Å². The highest BCUT2D eigenvalue weighted by atomic mass is 19.4. The molecular weight excluding hydrogens is 227 g/mol. The van der Waals surface area contributed by atoms with E-state index in [1.807, 2.05) is 6.92 Å². The Morgan fingerprint density at radius 2 is 1.76 bits per heavy atom. The zero-order chi connectivity index (χ0) is 12.7. The Bertz CT molecular complexity index is 388. The van der Waals surface area contributed by atoms with E-state index in [9.17, 15) is 13.2 Å². The molecule has 2 rings (SSSR count). The molecule has 94 valence electrons. The molecule has 1 fully saturated rings. The molecule has 1 nitrogen and oxygen atoms in total. The predicted molar refractivity (Wildman–Crippen MR) is 60.5 cm³/mol. The Hall–Kier alpha value is -1.03. The minimum atomic E-state index is -4.25. The van der Waals surface area contributed by atoms with E-state index in [4.69, 9.17) is 5.73 Å². The zero-order valence-corrected chi connectivity index (χ0v) is 9.72. The molecule has 2 N–H and O–H groups in total. The van der Waals surface area contributed by atoms with Gasteiger partial charge in [-0.25, -0.2) is 0 Å². The maximum absolute atomic E-state index is 12.4. The van der Waals surface area contributed by atoms with E-state index in [-0.39, 0.29) is 11.5 Å². The monoisotopic (exact) mass is 243 g/mol. The van der Waals surface area contributed by atoms with Crippen molar-refractivity contribution in [2.45, 2.75) is 38.4 Å². The molecule has 1 aromatic carbocycles. The Kier molecular flexibility index (Phi) is 2.94. The number of hydrogen-bond acceptors (Lipinski definition) is 1. The van der Waals surface area contributed by atoms with Crippen molar-refractivity contribution in [3.63, 3.8) is 0 Å². The van der Waals surface area contributed by atoms with Gasteiger partial charge in [0.2, 0.25) is 0 Å². The van der Waals surface area contributed by atoms with E-state index >= 15 is 0 Å². The molecule has 0 spiro atoms. The van der Waals surface area contributed by atoms with Crippen molar-refractivity contribution in [1.82, 2.24) is 0 Å². The molecule has 0 amide bonds. The van der Waals surface area contributed by atoms with E-state index in [0.717, 1.165) is 37.0 Å². The van der Waals surface area contributed by atoms with Crippen LogP contribution in [-0.2, 0) is 12.6 Å². The lowest BCUT2D eigenvalue weighted by atomic mass is 9.90. The van der Waals surface area contributed by atoms with Crippen LogP contribution in [0.1, 0.15) is 30.9 Å². The van der Waals surface area contributed by atoms with Gasteiger partial charge in [-0.2, -0.15) is 13.2 Å². The third-order valence-corrected chi connectivity index (χ3v) is 3.70. The van der Waals surface area contributed by atoms with Gasteiger partial charge in [0.25, 0.3) is 0 Å². The molecule has 0 aliphatic heterocycles. The van der Waals surface area contributed by atoms with Crippen LogP contribution in [0.15, 0.2) is 24.3 Å². The first-order chi connectivity index (χ1) is 7.83. The maximum Gasteiger partial charge on any atom is 0.416 e. The highest BCUT2D eigenvalue weighted by Gasteiger charge is 2.45. The summed E-state index contributed by atoms with van der Waals surface area (Å²) in [6, 6.07) is 5.51. The summed E-state index contributed by atoms with van der Waals surface area (Å²) < 4.78 is 37.1. The van der Waals surface area contributed by atoms with Crippen LogP contribution in [0.4, 0.5) is 13.2 Å². The molecule has 1 aliphatic rings. The first-order valence-electron chi connectivity index (χ1n) is 5.75. The largest absolute Gasteiger partial charge is 0.416 e. The molecule has 0 aromatic heterocycles. The van der Waals surface area contributed by atoms with Crippen LogP contribution in [0.25, 0.3) is 0 Å². The zero-order valence-electron chi connectivity index (χ0n) is 9.72. The Morgan fingerprint density at radius 1 is 1.24 bits per heavy atom. The molecule has 1 atom stereocenters. The normalized spacial score (nSPS) is 20.1. The van der Waals surface area contributed by atoms with Crippen LogP contribution in [0.3, 0.4) is 0 Å². The summed E-state index contributed by atoms with van der Waals surface area (Å²) in [4.78, 5) is 0. The van der Waals surface area contributed by atoms with Crippen LogP contribution in [-0.4, -0.2) is 6.04 Å². The standard InChI is InChI=1S/C13H16F3N/c1-9(17)12(6-7-12)8-10-2-4-11(5-3-10)13(14,15)16/h2-5,9H,6-8,17H2,1H3. The van der Waals surface area contributed by atoms with Crippen molar-refractivity contribution in [3.05, 3.63) is 35.4 Å². The van der Waals surface area contributed by atoms with Gasteiger partial charge < -0.3 is 5.73 Å². The van der Waals surface area contributed by atoms with Gasteiger partial charge in [0.15, 0.2) is 0 Å². The predicted octanol–water partition coefficient (Wildman–Crippen LogP) is 3.38. The molecule has 0 radical (unpaired) electrons. The van der Waals surface area contributed by atoms with Crippen molar-refractivity contribution >= 4 is 0 Å². The minimum Gasteiger partial charge on any atom is -0.327 e. The van der Waals surface area contributed by atoms with Gasteiger partial charge in [-0.1, -0.05) is 12.1 Å². The smallest absolute Gasteiger partial charge is 0.327 e. The van der Waals surface area contributed by atoms with Crippen LogP contribution in [0.2, 0.25) is 0 Å². The molecule has 0 heterocycles. The number of nitrogens with two attached hydrogens (primary N) is 1. The molecule has 0 bridgehead atoms. The van der Waals surface area contributed by atoms with Crippen molar-refractivity contribution in [2.75, 3.05) is 0 Å². The number of alkyl halides is 3. The fourth-order valence-corrected chi connectivity index (χ4v) is 2.17. The van der Waals surface area contributed by atoms with Gasteiger partial charge >= 0.3 is 6.18 Å². The molecule has 4 heteroatoms. The second-order valence-electron chi connectivity index (χ2n) is 5.02. The molecule has 1 aliphatic carbocycles. The van der Waals surface area contributed by atoms with Crippen LogP contribution in [0, 0.1) is 5.41 Å². The number of halogens is 3. The van der Waals surface area contributed by atoms with Gasteiger partial charge in [-0.15, -0.1) is 0 Å². The molecule has 0 saturated heterocycles. The average Bonchev–Trinajstić information content (AvgIpc) is 2.98. The van der Waals surface area contributed by atoms with E-state index in [1.165, 1.54) is 0 Å². The Morgan fingerprint density at radius 3 is 2.12 bits per heavy atom. The first kappa shape index (κ1) is 12.4. The molecular formula is C13H16F3N. The van der Waals surface area contributed by atoms with Crippen molar-refractivity contribution in [2.24, 2.45) is 11.1 Å². The fourth-order valence-electron chi connectivity index (χ4n) is 2.17. The molecule has 1 unspecified atom stereocenters. The second-order valence-corrected chi connectivity index (χ2v) is 5.02. The lowest BCUT2D eigenvalue weighted by molar-refractivity contribution is -0.137. The topological polar surface area (TPSA) is 26.0 Å². The quantitative estimate of drug-likeness (QED) is 0.865. The average molecular weight is 243 g/mol. The minimum absolute atomic E-state index is 0.102. The van der Waals surface area contributed by atoms with Gasteiger partial charge in [-0.05, 0) is 49.3 Å². The van der Waals surface area contributed by atoms with Gasteiger partial charge in [0.1, 0.15) is 0 Å². The summed E-state index contributed by atoms with van der Waals surface area (Å²) in [6.07, 6.45) is -1.32. The van der Waals surface area contributed by atoms with E-state index < -0.39 is 11.7 Å². The summed E-state index contributed by atoms with van der Waals surface area (Å²) in [5, 5.41) is 0. The van der Waals surface area contributed by atoms with E-state index in [0.29, 0.717) is 0 Å². The Labute approximate surface area is 98.8 Å². The van der Waals surface area contributed by atoms with E-state index in [1.54, 1.807) is 12.1 Å². The Balaban J connectivity index is 2.09. The summed E-state index contributed by atoms with van der Waals surface area (Å²) >= 11 is 0. The van der Waals surface area contributed by atoms with Crippen molar-refractivity contribution in [1.29, 1.82) is 0 Å². The van der Waals surface area contributed by atoms with Gasteiger partial charge in [0.05, 0.1) is 5.56 Å². The highest BCUT2D eigenvalue weighted by molar-refractivity contribution is 5.26. The summed E-state index contributed by atoms with van der Waals surface area (Å²) in [5.74, 6) is 0. The van der Waals surface area contributed by atoms with Crippen LogP contribution in [0.5, 0.6) is 0 Å². The van der Waals surface area contributed by atoms with E-state index in [2.05, 4.69) is 0 Å². The highest BCUT2D eigenvalue weighted by Crippen LogP contribution is 2.50. The number of benzene rings is 1. The van der Waals surface area contributed by atoms with Gasteiger partial charge in [-0.3, -0.25) is 0 Å². The summed E-state index contributed by atoms with van der Waals surface area (Å²) in [6.45, 7) is 1.97. The third-order valence-electron chi connectivity index (χ3n) is 3.70. The van der Waals surface area contributed by atoms with Crippen LogP contribution >= 0.6 is 0 Å².